The second-order valence-electron chi connectivity index (χ2n) is 4.30. The lowest BCUT2D eigenvalue weighted by molar-refractivity contribution is 0.212. The van der Waals surface area contributed by atoms with Crippen LogP contribution in [-0.2, 0) is 0 Å². The van der Waals surface area contributed by atoms with E-state index in [1.54, 1.807) is 6.20 Å². The SMILES string of the molecule is NC1(COc2ncc(Br)cc2Br)CCCC1. The van der Waals surface area contributed by atoms with Crippen molar-refractivity contribution in [3.8, 4) is 5.88 Å². The van der Waals surface area contributed by atoms with Crippen molar-refractivity contribution in [1.82, 2.24) is 4.98 Å². The number of pyridine rings is 1. The van der Waals surface area contributed by atoms with Gasteiger partial charge in [0, 0.05) is 10.7 Å². The lowest BCUT2D eigenvalue weighted by atomic mass is 10.0. The molecule has 3 nitrogen and oxygen atoms in total. The average Bonchev–Trinajstić information content (AvgIpc) is 2.64. The average molecular weight is 350 g/mol. The second-order valence-corrected chi connectivity index (χ2v) is 6.07. The predicted molar refractivity (Wildman–Crippen MR) is 70.5 cm³/mol. The van der Waals surface area contributed by atoms with Gasteiger partial charge >= 0.3 is 0 Å². The van der Waals surface area contributed by atoms with Gasteiger partial charge in [0.2, 0.25) is 5.88 Å². The summed E-state index contributed by atoms with van der Waals surface area (Å²) in [5.41, 5.74) is 6.05. The van der Waals surface area contributed by atoms with Crippen molar-refractivity contribution in [1.29, 1.82) is 0 Å². The van der Waals surface area contributed by atoms with Crippen LogP contribution in [0.25, 0.3) is 0 Å². The van der Waals surface area contributed by atoms with Crippen LogP contribution in [0.5, 0.6) is 5.88 Å². The molecular formula is C11H14Br2N2O. The molecule has 0 spiro atoms. The quantitative estimate of drug-likeness (QED) is 0.911. The zero-order chi connectivity index (χ0) is 11.6. The summed E-state index contributed by atoms with van der Waals surface area (Å²) in [6, 6.07) is 1.92. The molecule has 88 valence electrons. The summed E-state index contributed by atoms with van der Waals surface area (Å²) in [7, 11) is 0. The minimum Gasteiger partial charge on any atom is -0.475 e. The third-order valence-corrected chi connectivity index (χ3v) is 3.87. The highest BCUT2D eigenvalue weighted by Crippen LogP contribution is 2.30. The number of hydrogen-bond donors (Lipinski definition) is 1. The Morgan fingerprint density at radius 3 is 2.69 bits per heavy atom. The number of halogens is 2. The van der Waals surface area contributed by atoms with Crippen LogP contribution in [0.4, 0.5) is 0 Å². The van der Waals surface area contributed by atoms with Crippen LogP contribution >= 0.6 is 31.9 Å². The Kier molecular flexibility index (Phi) is 3.87. The predicted octanol–water partition coefficient (Wildman–Crippen LogP) is 3.26. The molecule has 1 aromatic rings. The third kappa shape index (κ3) is 2.96. The Morgan fingerprint density at radius 2 is 2.06 bits per heavy atom. The molecule has 0 atom stereocenters. The standard InChI is InChI=1S/C11H14Br2N2O/c12-8-5-9(13)10(15-6-8)16-7-11(14)3-1-2-4-11/h5-6H,1-4,7,14H2. The van der Waals surface area contributed by atoms with Crippen LogP contribution in [0.3, 0.4) is 0 Å². The van der Waals surface area contributed by atoms with Crippen molar-refractivity contribution < 1.29 is 4.74 Å². The summed E-state index contributed by atoms with van der Waals surface area (Å²) in [5.74, 6) is 0.611. The lowest BCUT2D eigenvalue weighted by Gasteiger charge is -2.23. The molecule has 1 aliphatic carbocycles. The Morgan fingerprint density at radius 1 is 1.38 bits per heavy atom. The molecule has 1 heterocycles. The summed E-state index contributed by atoms with van der Waals surface area (Å²) in [5, 5.41) is 0. The van der Waals surface area contributed by atoms with Gasteiger partial charge in [-0.05, 0) is 50.8 Å². The van der Waals surface area contributed by atoms with Crippen LogP contribution in [0.15, 0.2) is 21.2 Å². The van der Waals surface area contributed by atoms with Gasteiger partial charge in [-0.2, -0.15) is 0 Å². The van der Waals surface area contributed by atoms with Gasteiger partial charge in [0.05, 0.1) is 10.0 Å². The van der Waals surface area contributed by atoms with Gasteiger partial charge < -0.3 is 10.5 Å². The highest BCUT2D eigenvalue weighted by molar-refractivity contribution is 9.11. The molecule has 2 rings (SSSR count). The van der Waals surface area contributed by atoms with E-state index in [2.05, 4.69) is 36.8 Å². The van der Waals surface area contributed by atoms with E-state index in [0.717, 1.165) is 21.8 Å². The van der Waals surface area contributed by atoms with Crippen molar-refractivity contribution in [2.45, 2.75) is 31.2 Å². The van der Waals surface area contributed by atoms with Crippen molar-refractivity contribution in [3.63, 3.8) is 0 Å². The molecule has 0 radical (unpaired) electrons. The fraction of sp³-hybridized carbons (Fsp3) is 0.545. The topological polar surface area (TPSA) is 48.1 Å². The zero-order valence-electron chi connectivity index (χ0n) is 8.88. The molecule has 0 aliphatic heterocycles. The molecule has 2 N–H and O–H groups in total. The van der Waals surface area contributed by atoms with E-state index in [1.165, 1.54) is 12.8 Å². The molecule has 0 aromatic carbocycles. The summed E-state index contributed by atoms with van der Waals surface area (Å²) < 4.78 is 7.45. The first-order chi connectivity index (χ1) is 7.59. The van der Waals surface area contributed by atoms with Crippen LogP contribution in [0, 0.1) is 0 Å². The molecule has 1 saturated carbocycles. The van der Waals surface area contributed by atoms with Gasteiger partial charge in [0.25, 0.3) is 0 Å². The van der Waals surface area contributed by atoms with Crippen LogP contribution < -0.4 is 10.5 Å². The monoisotopic (exact) mass is 348 g/mol. The third-order valence-electron chi connectivity index (χ3n) is 2.87. The minimum absolute atomic E-state index is 0.159. The molecule has 0 bridgehead atoms. The van der Waals surface area contributed by atoms with Gasteiger partial charge in [-0.25, -0.2) is 4.98 Å². The molecule has 1 fully saturated rings. The fourth-order valence-electron chi connectivity index (χ4n) is 1.94. The van der Waals surface area contributed by atoms with Gasteiger partial charge in [0.1, 0.15) is 6.61 Å². The van der Waals surface area contributed by atoms with E-state index < -0.39 is 0 Å². The maximum Gasteiger partial charge on any atom is 0.228 e. The summed E-state index contributed by atoms with van der Waals surface area (Å²) in [6.07, 6.45) is 6.21. The molecule has 1 aliphatic rings. The van der Waals surface area contributed by atoms with E-state index >= 15 is 0 Å². The Balaban J connectivity index is 1.99. The second kappa shape index (κ2) is 5.02. The first kappa shape index (κ1) is 12.3. The first-order valence-electron chi connectivity index (χ1n) is 5.32. The Labute approximate surface area is 112 Å². The Bertz CT molecular complexity index is 378. The van der Waals surface area contributed by atoms with Crippen molar-refractivity contribution in [3.05, 3.63) is 21.2 Å². The van der Waals surface area contributed by atoms with Gasteiger partial charge in [-0.3, -0.25) is 0 Å². The molecule has 0 saturated heterocycles. The molecular weight excluding hydrogens is 336 g/mol. The zero-order valence-corrected chi connectivity index (χ0v) is 12.1. The molecule has 5 heteroatoms. The molecule has 1 aromatic heterocycles. The smallest absolute Gasteiger partial charge is 0.228 e. The van der Waals surface area contributed by atoms with Gasteiger partial charge in [0.15, 0.2) is 0 Å². The van der Waals surface area contributed by atoms with Crippen molar-refractivity contribution in [2.75, 3.05) is 6.61 Å². The molecule has 16 heavy (non-hydrogen) atoms. The van der Waals surface area contributed by atoms with Gasteiger partial charge in [-0.1, -0.05) is 12.8 Å². The van der Waals surface area contributed by atoms with Crippen LogP contribution in [-0.4, -0.2) is 17.1 Å². The fourth-order valence-corrected chi connectivity index (χ4v) is 3.05. The molecule has 0 unspecified atom stereocenters. The molecule has 0 amide bonds. The van der Waals surface area contributed by atoms with E-state index in [9.17, 15) is 0 Å². The van der Waals surface area contributed by atoms with E-state index in [1.807, 2.05) is 6.07 Å². The lowest BCUT2D eigenvalue weighted by Crippen LogP contribution is -2.42. The van der Waals surface area contributed by atoms with E-state index in [4.69, 9.17) is 10.5 Å². The largest absolute Gasteiger partial charge is 0.475 e. The maximum atomic E-state index is 6.21. The summed E-state index contributed by atoms with van der Waals surface area (Å²) in [6.45, 7) is 0.542. The number of ether oxygens (including phenoxy) is 1. The van der Waals surface area contributed by atoms with Gasteiger partial charge in [-0.15, -0.1) is 0 Å². The van der Waals surface area contributed by atoms with E-state index in [0.29, 0.717) is 12.5 Å². The normalized spacial score (nSPS) is 18.7. The van der Waals surface area contributed by atoms with Crippen LogP contribution in [0.1, 0.15) is 25.7 Å². The minimum atomic E-state index is -0.159. The summed E-state index contributed by atoms with van der Waals surface area (Å²) in [4.78, 5) is 4.20. The maximum absolute atomic E-state index is 6.21. The number of nitrogens with two attached hydrogens (primary N) is 1. The first-order valence-corrected chi connectivity index (χ1v) is 6.90. The van der Waals surface area contributed by atoms with E-state index in [-0.39, 0.29) is 5.54 Å². The number of nitrogens with zero attached hydrogens (tertiary/aromatic N) is 1. The number of rotatable bonds is 3. The highest BCUT2D eigenvalue weighted by atomic mass is 79.9. The number of aromatic nitrogens is 1. The number of hydrogen-bond acceptors (Lipinski definition) is 3. The Hall–Kier alpha value is -0.130. The van der Waals surface area contributed by atoms with Crippen molar-refractivity contribution >= 4 is 31.9 Å². The summed E-state index contributed by atoms with van der Waals surface area (Å²) >= 11 is 6.77. The highest BCUT2D eigenvalue weighted by Gasteiger charge is 2.30. The van der Waals surface area contributed by atoms with Crippen molar-refractivity contribution in [2.24, 2.45) is 5.73 Å². The van der Waals surface area contributed by atoms with Crippen LogP contribution in [0.2, 0.25) is 0 Å².